The summed E-state index contributed by atoms with van der Waals surface area (Å²) in [5.41, 5.74) is 5.45. The molecule has 2 N–H and O–H groups in total. The Balaban J connectivity index is 4.45. The first-order chi connectivity index (χ1) is 6.40. The molecule has 0 aliphatic carbocycles. The van der Waals surface area contributed by atoms with Crippen LogP contribution in [0.3, 0.4) is 0 Å². The molecule has 0 aliphatic heterocycles. The fourth-order valence-electron chi connectivity index (χ4n) is 0.980. The second-order valence-electron chi connectivity index (χ2n) is 3.42. The van der Waals surface area contributed by atoms with Gasteiger partial charge in [0.2, 0.25) is 5.91 Å². The van der Waals surface area contributed by atoms with Gasteiger partial charge in [0.25, 0.3) is 0 Å². The van der Waals surface area contributed by atoms with Gasteiger partial charge in [0.15, 0.2) is 0 Å². The molecule has 0 spiro atoms. The third-order valence-corrected chi connectivity index (χ3v) is 1.82. The van der Waals surface area contributed by atoms with Crippen molar-refractivity contribution in [2.75, 3.05) is 13.7 Å². The lowest BCUT2D eigenvalue weighted by atomic mass is 10.2. The number of carbonyl (C=O) groups excluding carboxylic acids is 2. The predicted octanol–water partition coefficient (Wildman–Crippen LogP) is -0.256. The van der Waals surface area contributed by atoms with Gasteiger partial charge in [0.1, 0.15) is 6.54 Å². The van der Waals surface area contributed by atoms with E-state index in [0.29, 0.717) is 0 Å². The van der Waals surface area contributed by atoms with Crippen LogP contribution in [0.1, 0.15) is 20.8 Å². The van der Waals surface area contributed by atoms with Crippen LogP contribution in [0.4, 0.5) is 0 Å². The largest absolute Gasteiger partial charge is 0.468 e. The Labute approximate surface area is 84.2 Å². The van der Waals surface area contributed by atoms with E-state index in [-0.39, 0.29) is 18.5 Å². The predicted molar refractivity (Wildman–Crippen MR) is 52.5 cm³/mol. The van der Waals surface area contributed by atoms with Gasteiger partial charge < -0.3 is 15.4 Å². The van der Waals surface area contributed by atoms with Crippen molar-refractivity contribution < 1.29 is 14.3 Å². The summed E-state index contributed by atoms with van der Waals surface area (Å²) in [6.07, 6.45) is 0. The Kier molecular flexibility index (Phi) is 5.15. The fourth-order valence-corrected chi connectivity index (χ4v) is 0.980. The van der Waals surface area contributed by atoms with Crippen LogP contribution in [0.15, 0.2) is 0 Å². The maximum atomic E-state index is 11.5. The second-order valence-corrected chi connectivity index (χ2v) is 3.42. The van der Waals surface area contributed by atoms with Crippen molar-refractivity contribution >= 4 is 11.9 Å². The first kappa shape index (κ1) is 12.9. The van der Waals surface area contributed by atoms with Crippen LogP contribution >= 0.6 is 0 Å². The van der Waals surface area contributed by atoms with Gasteiger partial charge in [-0.25, -0.2) is 0 Å². The van der Waals surface area contributed by atoms with Gasteiger partial charge in [0, 0.05) is 6.04 Å². The summed E-state index contributed by atoms with van der Waals surface area (Å²) in [5.74, 6) is -0.682. The van der Waals surface area contributed by atoms with Gasteiger partial charge in [0.05, 0.1) is 13.2 Å². The van der Waals surface area contributed by atoms with Crippen molar-refractivity contribution in [3.8, 4) is 0 Å². The lowest BCUT2D eigenvalue weighted by Crippen LogP contribution is -2.48. The van der Waals surface area contributed by atoms with E-state index in [1.807, 2.05) is 13.8 Å². The van der Waals surface area contributed by atoms with Crippen molar-refractivity contribution in [2.24, 2.45) is 5.73 Å². The lowest BCUT2D eigenvalue weighted by molar-refractivity contribution is -0.148. The van der Waals surface area contributed by atoms with E-state index in [1.54, 1.807) is 6.92 Å². The summed E-state index contributed by atoms with van der Waals surface area (Å²) >= 11 is 0. The first-order valence-corrected chi connectivity index (χ1v) is 4.53. The molecule has 0 aromatic rings. The summed E-state index contributed by atoms with van der Waals surface area (Å²) in [7, 11) is 1.29. The molecule has 0 bridgehead atoms. The Morgan fingerprint density at radius 3 is 2.14 bits per heavy atom. The van der Waals surface area contributed by atoms with E-state index in [9.17, 15) is 9.59 Å². The Hall–Kier alpha value is -1.10. The first-order valence-electron chi connectivity index (χ1n) is 4.53. The number of amides is 1. The summed E-state index contributed by atoms with van der Waals surface area (Å²) < 4.78 is 4.49. The molecule has 1 unspecified atom stereocenters. The zero-order valence-electron chi connectivity index (χ0n) is 9.11. The van der Waals surface area contributed by atoms with Crippen LogP contribution in [0, 0.1) is 0 Å². The van der Waals surface area contributed by atoms with E-state index >= 15 is 0 Å². The molecule has 0 heterocycles. The number of carbonyl (C=O) groups is 2. The molecular weight excluding hydrogens is 184 g/mol. The molecule has 0 aliphatic rings. The maximum absolute atomic E-state index is 11.5. The molecule has 0 saturated carbocycles. The molecule has 1 atom stereocenters. The number of hydrogen-bond acceptors (Lipinski definition) is 4. The van der Waals surface area contributed by atoms with Crippen molar-refractivity contribution in [1.29, 1.82) is 0 Å². The van der Waals surface area contributed by atoms with Gasteiger partial charge >= 0.3 is 5.97 Å². The molecule has 5 nitrogen and oxygen atoms in total. The van der Waals surface area contributed by atoms with Crippen LogP contribution < -0.4 is 5.73 Å². The Bertz CT molecular complexity index is 214. The molecule has 14 heavy (non-hydrogen) atoms. The van der Waals surface area contributed by atoms with Gasteiger partial charge in [-0.2, -0.15) is 0 Å². The number of nitrogens with zero attached hydrogens (tertiary/aromatic N) is 1. The lowest BCUT2D eigenvalue weighted by Gasteiger charge is -2.26. The van der Waals surface area contributed by atoms with E-state index in [0.717, 1.165) is 0 Å². The number of esters is 1. The molecule has 5 heteroatoms. The molecular formula is C9H18N2O3. The van der Waals surface area contributed by atoms with E-state index < -0.39 is 12.0 Å². The SMILES string of the molecule is COC(=O)CN(C(=O)C(C)N)C(C)C. The molecule has 0 fully saturated rings. The minimum atomic E-state index is -0.595. The highest BCUT2D eigenvalue weighted by Gasteiger charge is 2.22. The number of methoxy groups -OCH3 is 1. The zero-order chi connectivity index (χ0) is 11.3. The quantitative estimate of drug-likeness (QED) is 0.638. The number of rotatable bonds is 4. The monoisotopic (exact) mass is 202 g/mol. The average Bonchev–Trinajstić information content (AvgIpc) is 2.11. The van der Waals surface area contributed by atoms with Crippen LogP contribution in [-0.2, 0) is 14.3 Å². The molecule has 1 amide bonds. The van der Waals surface area contributed by atoms with Gasteiger partial charge in [-0.1, -0.05) is 0 Å². The van der Waals surface area contributed by atoms with Gasteiger partial charge in [-0.05, 0) is 20.8 Å². The average molecular weight is 202 g/mol. The van der Waals surface area contributed by atoms with Crippen molar-refractivity contribution in [1.82, 2.24) is 4.90 Å². The molecule has 0 rings (SSSR count). The zero-order valence-corrected chi connectivity index (χ0v) is 9.11. The summed E-state index contributed by atoms with van der Waals surface area (Å²) in [6, 6.07) is -0.658. The van der Waals surface area contributed by atoms with E-state index in [2.05, 4.69) is 4.74 Å². The third kappa shape index (κ3) is 3.74. The highest BCUT2D eigenvalue weighted by Crippen LogP contribution is 2.01. The number of ether oxygens (including phenoxy) is 1. The Morgan fingerprint density at radius 2 is 1.86 bits per heavy atom. The standard InChI is InChI=1S/C9H18N2O3/c1-6(2)11(5-8(12)14-4)9(13)7(3)10/h6-7H,5,10H2,1-4H3. The van der Waals surface area contributed by atoms with Crippen molar-refractivity contribution in [3.63, 3.8) is 0 Å². The molecule has 82 valence electrons. The normalized spacial score (nSPS) is 12.4. The van der Waals surface area contributed by atoms with Crippen molar-refractivity contribution in [3.05, 3.63) is 0 Å². The minimum absolute atomic E-state index is 0.0471. The highest BCUT2D eigenvalue weighted by atomic mass is 16.5. The van der Waals surface area contributed by atoms with Crippen LogP contribution in [0.25, 0.3) is 0 Å². The summed E-state index contributed by atoms with van der Waals surface area (Å²) in [6.45, 7) is 5.19. The van der Waals surface area contributed by atoms with Crippen LogP contribution in [0.5, 0.6) is 0 Å². The number of nitrogens with two attached hydrogens (primary N) is 1. The molecule has 0 saturated heterocycles. The summed E-state index contributed by atoms with van der Waals surface area (Å²) in [5, 5.41) is 0. The smallest absolute Gasteiger partial charge is 0.325 e. The number of hydrogen-bond donors (Lipinski definition) is 1. The molecule has 0 aromatic heterocycles. The Morgan fingerprint density at radius 1 is 1.36 bits per heavy atom. The highest BCUT2D eigenvalue weighted by molar-refractivity contribution is 5.85. The maximum Gasteiger partial charge on any atom is 0.325 e. The van der Waals surface area contributed by atoms with Gasteiger partial charge in [-0.15, -0.1) is 0 Å². The van der Waals surface area contributed by atoms with Crippen LogP contribution in [0.2, 0.25) is 0 Å². The molecule has 0 aromatic carbocycles. The van der Waals surface area contributed by atoms with Crippen LogP contribution in [-0.4, -0.2) is 42.5 Å². The third-order valence-electron chi connectivity index (χ3n) is 1.82. The van der Waals surface area contributed by atoms with Crippen molar-refractivity contribution in [2.45, 2.75) is 32.9 Å². The van der Waals surface area contributed by atoms with Gasteiger partial charge in [-0.3, -0.25) is 9.59 Å². The summed E-state index contributed by atoms with van der Waals surface area (Å²) in [4.78, 5) is 23.9. The topological polar surface area (TPSA) is 72.6 Å². The molecule has 0 radical (unpaired) electrons. The second kappa shape index (κ2) is 5.59. The van der Waals surface area contributed by atoms with E-state index in [1.165, 1.54) is 12.0 Å². The minimum Gasteiger partial charge on any atom is -0.468 e. The van der Waals surface area contributed by atoms with E-state index in [4.69, 9.17) is 5.73 Å². The fraction of sp³-hybridized carbons (Fsp3) is 0.778.